The molecule has 0 fully saturated rings. The molecule has 0 heterocycles. The summed E-state index contributed by atoms with van der Waals surface area (Å²) < 4.78 is 0. The van der Waals surface area contributed by atoms with Gasteiger partial charge in [0.1, 0.15) is 0 Å². The van der Waals surface area contributed by atoms with E-state index in [1.807, 2.05) is 31.2 Å². The SMILES string of the molecule is CCNCc1cccc(NC(=O)CCc2cccc([N+](=O)[O-])c2)c1. The Morgan fingerprint density at radius 3 is 2.62 bits per heavy atom. The normalized spacial score (nSPS) is 10.4. The molecular weight excluding hydrogens is 306 g/mol. The first-order valence-corrected chi connectivity index (χ1v) is 7.91. The largest absolute Gasteiger partial charge is 0.326 e. The van der Waals surface area contributed by atoms with E-state index < -0.39 is 4.92 Å². The Labute approximate surface area is 141 Å². The van der Waals surface area contributed by atoms with Crippen molar-refractivity contribution in [2.45, 2.75) is 26.3 Å². The van der Waals surface area contributed by atoms with Crippen molar-refractivity contribution in [3.8, 4) is 0 Å². The highest BCUT2D eigenvalue weighted by atomic mass is 16.6. The lowest BCUT2D eigenvalue weighted by Gasteiger charge is -2.08. The first-order valence-electron chi connectivity index (χ1n) is 7.91. The molecule has 0 spiro atoms. The van der Waals surface area contributed by atoms with Gasteiger partial charge in [-0.05, 0) is 36.2 Å². The highest BCUT2D eigenvalue weighted by Crippen LogP contribution is 2.15. The zero-order chi connectivity index (χ0) is 17.4. The predicted octanol–water partition coefficient (Wildman–Crippen LogP) is 3.28. The van der Waals surface area contributed by atoms with Crippen LogP contribution in [0.5, 0.6) is 0 Å². The maximum absolute atomic E-state index is 12.1. The Bertz CT molecular complexity index is 716. The number of nitrogens with zero attached hydrogens (tertiary/aromatic N) is 1. The van der Waals surface area contributed by atoms with Crippen LogP contribution in [0, 0.1) is 10.1 Å². The number of nitro benzene ring substituents is 1. The summed E-state index contributed by atoms with van der Waals surface area (Å²) in [5.41, 5.74) is 2.69. The molecule has 0 radical (unpaired) electrons. The standard InChI is InChI=1S/C18H21N3O3/c1-2-19-13-15-6-3-7-16(11-15)20-18(22)10-9-14-5-4-8-17(12-14)21(23)24/h3-8,11-12,19H,2,9-10,13H2,1H3,(H,20,22). The third-order valence-corrected chi connectivity index (χ3v) is 3.55. The van der Waals surface area contributed by atoms with Crippen LogP contribution in [-0.2, 0) is 17.8 Å². The number of anilines is 1. The third kappa shape index (κ3) is 5.48. The van der Waals surface area contributed by atoms with E-state index >= 15 is 0 Å². The molecule has 6 heteroatoms. The van der Waals surface area contributed by atoms with Crippen molar-refractivity contribution in [3.63, 3.8) is 0 Å². The van der Waals surface area contributed by atoms with E-state index in [1.54, 1.807) is 12.1 Å². The van der Waals surface area contributed by atoms with E-state index in [9.17, 15) is 14.9 Å². The second-order valence-electron chi connectivity index (χ2n) is 5.46. The van der Waals surface area contributed by atoms with E-state index in [1.165, 1.54) is 12.1 Å². The van der Waals surface area contributed by atoms with Gasteiger partial charge in [-0.15, -0.1) is 0 Å². The third-order valence-electron chi connectivity index (χ3n) is 3.55. The Balaban J connectivity index is 1.89. The predicted molar refractivity (Wildman–Crippen MR) is 93.9 cm³/mol. The summed E-state index contributed by atoms with van der Waals surface area (Å²) in [5.74, 6) is -0.109. The molecule has 2 rings (SSSR count). The zero-order valence-electron chi connectivity index (χ0n) is 13.6. The molecule has 2 N–H and O–H groups in total. The van der Waals surface area contributed by atoms with Gasteiger partial charge in [0.2, 0.25) is 5.91 Å². The van der Waals surface area contributed by atoms with Crippen molar-refractivity contribution in [2.24, 2.45) is 0 Å². The molecule has 1 amide bonds. The molecule has 0 aliphatic rings. The number of carbonyl (C=O) groups is 1. The number of amides is 1. The minimum Gasteiger partial charge on any atom is -0.326 e. The van der Waals surface area contributed by atoms with Crippen LogP contribution in [0.4, 0.5) is 11.4 Å². The summed E-state index contributed by atoms with van der Waals surface area (Å²) in [6.07, 6.45) is 0.739. The van der Waals surface area contributed by atoms with Gasteiger partial charge in [0.05, 0.1) is 4.92 Å². The van der Waals surface area contributed by atoms with Crippen LogP contribution in [0.2, 0.25) is 0 Å². The lowest BCUT2D eigenvalue weighted by molar-refractivity contribution is -0.384. The van der Waals surface area contributed by atoms with E-state index in [0.717, 1.165) is 29.9 Å². The molecule has 0 unspecified atom stereocenters. The summed E-state index contributed by atoms with van der Waals surface area (Å²) in [7, 11) is 0. The summed E-state index contributed by atoms with van der Waals surface area (Å²) in [5, 5.41) is 16.9. The maximum atomic E-state index is 12.1. The minimum absolute atomic E-state index is 0.0454. The van der Waals surface area contributed by atoms with Gasteiger partial charge in [-0.25, -0.2) is 0 Å². The quantitative estimate of drug-likeness (QED) is 0.575. The van der Waals surface area contributed by atoms with Crippen LogP contribution < -0.4 is 10.6 Å². The number of hydrogen-bond donors (Lipinski definition) is 2. The fraction of sp³-hybridized carbons (Fsp3) is 0.278. The molecule has 0 atom stereocenters. The van der Waals surface area contributed by atoms with Crippen LogP contribution >= 0.6 is 0 Å². The maximum Gasteiger partial charge on any atom is 0.269 e. The van der Waals surface area contributed by atoms with Gasteiger partial charge in [-0.3, -0.25) is 14.9 Å². The minimum atomic E-state index is -0.431. The summed E-state index contributed by atoms with van der Waals surface area (Å²) in [4.78, 5) is 22.4. The van der Waals surface area contributed by atoms with Crippen LogP contribution in [0.1, 0.15) is 24.5 Å². The summed E-state index contributed by atoms with van der Waals surface area (Å²) in [6, 6.07) is 14.1. The van der Waals surface area contributed by atoms with Gasteiger partial charge < -0.3 is 10.6 Å². The molecule has 126 valence electrons. The number of aryl methyl sites for hydroxylation is 1. The van der Waals surface area contributed by atoms with Crippen molar-refractivity contribution in [1.82, 2.24) is 5.32 Å². The molecule has 0 saturated heterocycles. The highest BCUT2D eigenvalue weighted by Gasteiger charge is 2.08. The molecule has 0 aromatic heterocycles. The van der Waals surface area contributed by atoms with Gasteiger partial charge in [0.15, 0.2) is 0 Å². The monoisotopic (exact) mass is 327 g/mol. The molecule has 2 aromatic carbocycles. The molecule has 0 aliphatic heterocycles. The van der Waals surface area contributed by atoms with Crippen LogP contribution in [-0.4, -0.2) is 17.4 Å². The second kappa shape index (κ2) is 8.79. The Morgan fingerprint density at radius 2 is 1.88 bits per heavy atom. The number of nitro groups is 1. The average molecular weight is 327 g/mol. The van der Waals surface area contributed by atoms with Crippen molar-refractivity contribution >= 4 is 17.3 Å². The van der Waals surface area contributed by atoms with Crippen LogP contribution in [0.3, 0.4) is 0 Å². The number of carbonyl (C=O) groups excluding carboxylic acids is 1. The van der Waals surface area contributed by atoms with Crippen molar-refractivity contribution in [2.75, 3.05) is 11.9 Å². The fourth-order valence-corrected chi connectivity index (χ4v) is 2.34. The van der Waals surface area contributed by atoms with E-state index in [4.69, 9.17) is 0 Å². The smallest absolute Gasteiger partial charge is 0.269 e. The lowest BCUT2D eigenvalue weighted by Crippen LogP contribution is -2.14. The number of non-ortho nitro benzene ring substituents is 1. The van der Waals surface area contributed by atoms with Crippen molar-refractivity contribution in [3.05, 3.63) is 69.8 Å². The van der Waals surface area contributed by atoms with E-state index in [2.05, 4.69) is 10.6 Å². The van der Waals surface area contributed by atoms with E-state index in [-0.39, 0.29) is 18.0 Å². The van der Waals surface area contributed by atoms with Gasteiger partial charge in [-0.2, -0.15) is 0 Å². The molecule has 6 nitrogen and oxygen atoms in total. The number of hydrogen-bond acceptors (Lipinski definition) is 4. The number of nitrogens with one attached hydrogen (secondary N) is 2. The average Bonchev–Trinajstić information content (AvgIpc) is 2.59. The number of benzene rings is 2. The second-order valence-corrected chi connectivity index (χ2v) is 5.46. The van der Waals surface area contributed by atoms with Crippen molar-refractivity contribution < 1.29 is 9.72 Å². The molecule has 0 aliphatic carbocycles. The fourth-order valence-electron chi connectivity index (χ4n) is 2.34. The molecule has 2 aromatic rings. The summed E-state index contributed by atoms with van der Waals surface area (Å²) >= 11 is 0. The highest BCUT2D eigenvalue weighted by molar-refractivity contribution is 5.90. The first kappa shape index (κ1) is 17.6. The Morgan fingerprint density at radius 1 is 1.12 bits per heavy atom. The van der Waals surface area contributed by atoms with Crippen molar-refractivity contribution in [1.29, 1.82) is 0 Å². The zero-order valence-corrected chi connectivity index (χ0v) is 13.6. The van der Waals surface area contributed by atoms with Gasteiger partial charge >= 0.3 is 0 Å². The van der Waals surface area contributed by atoms with Gasteiger partial charge in [0, 0.05) is 30.8 Å². The number of rotatable bonds is 8. The van der Waals surface area contributed by atoms with Crippen LogP contribution in [0.25, 0.3) is 0 Å². The van der Waals surface area contributed by atoms with Gasteiger partial charge in [-0.1, -0.05) is 31.2 Å². The van der Waals surface area contributed by atoms with Crippen LogP contribution in [0.15, 0.2) is 48.5 Å². The Kier molecular flexibility index (Phi) is 6.45. The topological polar surface area (TPSA) is 84.3 Å². The molecule has 24 heavy (non-hydrogen) atoms. The lowest BCUT2D eigenvalue weighted by atomic mass is 10.1. The Hall–Kier alpha value is -2.73. The molecule has 0 bridgehead atoms. The first-order chi connectivity index (χ1) is 11.6. The molecule has 0 saturated carbocycles. The molecular formula is C18H21N3O3. The van der Waals surface area contributed by atoms with E-state index in [0.29, 0.717) is 6.42 Å². The summed E-state index contributed by atoms with van der Waals surface area (Å²) in [6.45, 7) is 3.69. The van der Waals surface area contributed by atoms with Gasteiger partial charge in [0.25, 0.3) is 5.69 Å².